The number of benzene rings is 1. The molecule has 0 heterocycles. The van der Waals surface area contributed by atoms with E-state index in [4.69, 9.17) is 5.11 Å². The van der Waals surface area contributed by atoms with E-state index in [0.717, 1.165) is 18.9 Å². The van der Waals surface area contributed by atoms with Crippen LogP contribution in [0.3, 0.4) is 0 Å². The number of hydrogen-bond donors (Lipinski definition) is 3. The van der Waals surface area contributed by atoms with Gasteiger partial charge in [0, 0.05) is 6.54 Å². The summed E-state index contributed by atoms with van der Waals surface area (Å²) in [5.74, 6) is -0.980. The molecule has 0 aromatic heterocycles. The summed E-state index contributed by atoms with van der Waals surface area (Å²) in [6, 6.07) is 4.06. The van der Waals surface area contributed by atoms with Crippen LogP contribution in [-0.2, 0) is 16.4 Å². The quantitative estimate of drug-likeness (QED) is 0.696. The van der Waals surface area contributed by atoms with Gasteiger partial charge >= 0.3 is 5.97 Å². The van der Waals surface area contributed by atoms with Crippen molar-refractivity contribution >= 4 is 16.0 Å². The number of aromatic carboxylic acids is 1. The minimum absolute atomic E-state index is 0.0110. The minimum atomic E-state index is -3.82. The van der Waals surface area contributed by atoms with Crippen molar-refractivity contribution in [2.24, 2.45) is 5.92 Å². The van der Waals surface area contributed by atoms with E-state index in [0.29, 0.717) is 12.0 Å². The van der Waals surface area contributed by atoms with Gasteiger partial charge in [-0.15, -0.1) is 0 Å². The Morgan fingerprint density at radius 3 is 2.62 bits per heavy atom. The number of carboxylic acid groups (broad SMARTS) is 1. The highest BCUT2D eigenvalue weighted by atomic mass is 32.2. The first-order valence-electron chi connectivity index (χ1n) is 6.89. The van der Waals surface area contributed by atoms with Crippen LogP contribution < -0.4 is 4.72 Å². The summed E-state index contributed by atoms with van der Waals surface area (Å²) in [6.07, 6.45) is 1.65. The molecule has 0 amide bonds. The lowest BCUT2D eigenvalue weighted by Crippen LogP contribution is -2.33. The van der Waals surface area contributed by atoms with E-state index in [1.54, 1.807) is 6.92 Å². The van der Waals surface area contributed by atoms with E-state index in [-0.39, 0.29) is 22.9 Å². The van der Waals surface area contributed by atoms with Crippen molar-refractivity contribution in [1.29, 1.82) is 0 Å². The zero-order chi connectivity index (χ0) is 15.6. The van der Waals surface area contributed by atoms with Gasteiger partial charge in [-0.05, 0) is 42.9 Å². The molecule has 1 aliphatic carbocycles. The van der Waals surface area contributed by atoms with Gasteiger partial charge in [-0.3, -0.25) is 0 Å². The molecule has 6 nitrogen and oxygen atoms in total. The lowest BCUT2D eigenvalue weighted by molar-refractivity contribution is 0.0695. The highest BCUT2D eigenvalue weighted by molar-refractivity contribution is 7.89. The van der Waals surface area contributed by atoms with Crippen molar-refractivity contribution in [2.75, 3.05) is 6.54 Å². The fourth-order valence-electron chi connectivity index (χ4n) is 2.16. The number of rotatable bonds is 7. The number of carbonyl (C=O) groups is 1. The van der Waals surface area contributed by atoms with Gasteiger partial charge in [0.1, 0.15) is 0 Å². The summed E-state index contributed by atoms with van der Waals surface area (Å²) in [4.78, 5) is 11.1. The van der Waals surface area contributed by atoms with E-state index in [1.165, 1.54) is 12.1 Å². The largest absolute Gasteiger partial charge is 0.478 e. The van der Waals surface area contributed by atoms with Crippen LogP contribution in [0.5, 0.6) is 0 Å². The Kier molecular flexibility index (Phi) is 4.65. The van der Waals surface area contributed by atoms with Gasteiger partial charge in [-0.1, -0.05) is 13.0 Å². The number of aryl methyl sites for hydroxylation is 1. The Morgan fingerprint density at radius 2 is 2.10 bits per heavy atom. The Morgan fingerprint density at radius 1 is 1.43 bits per heavy atom. The van der Waals surface area contributed by atoms with Crippen molar-refractivity contribution in [1.82, 2.24) is 4.72 Å². The second-order valence-corrected chi connectivity index (χ2v) is 7.00. The third-order valence-electron chi connectivity index (χ3n) is 3.65. The molecule has 0 spiro atoms. The number of aliphatic hydroxyl groups is 1. The maximum atomic E-state index is 12.1. The molecule has 1 atom stereocenters. The second-order valence-electron chi connectivity index (χ2n) is 5.23. The first-order valence-corrected chi connectivity index (χ1v) is 8.37. The van der Waals surface area contributed by atoms with Crippen LogP contribution in [0.4, 0.5) is 0 Å². The highest BCUT2D eigenvalue weighted by Crippen LogP contribution is 2.32. The standard InChI is InChI=1S/C14H19NO5S/c1-2-9-5-6-11(7-12(9)14(17)18)21(19,20)15-8-13(16)10-3-4-10/h5-7,10,13,15-16H,2-4,8H2,1H3,(H,17,18). The molecule has 2 rings (SSSR count). The molecule has 3 N–H and O–H groups in total. The Bertz CT molecular complexity index is 637. The van der Waals surface area contributed by atoms with Gasteiger partial charge in [0.2, 0.25) is 10.0 Å². The van der Waals surface area contributed by atoms with Crippen LogP contribution in [0.15, 0.2) is 23.1 Å². The number of nitrogens with one attached hydrogen (secondary N) is 1. The number of aliphatic hydroxyl groups excluding tert-OH is 1. The molecule has 1 unspecified atom stereocenters. The molecule has 116 valence electrons. The molecule has 1 aliphatic rings. The van der Waals surface area contributed by atoms with Crippen LogP contribution in [0.25, 0.3) is 0 Å². The monoisotopic (exact) mass is 313 g/mol. The fraction of sp³-hybridized carbons (Fsp3) is 0.500. The van der Waals surface area contributed by atoms with Crippen LogP contribution in [0, 0.1) is 5.92 Å². The fourth-order valence-corrected chi connectivity index (χ4v) is 3.23. The summed E-state index contributed by atoms with van der Waals surface area (Å²) in [6.45, 7) is 1.76. The molecule has 7 heteroatoms. The maximum absolute atomic E-state index is 12.1. The van der Waals surface area contributed by atoms with E-state index in [2.05, 4.69) is 4.72 Å². The summed E-state index contributed by atoms with van der Waals surface area (Å²) in [5, 5.41) is 18.8. The molecule has 1 saturated carbocycles. The Labute approximate surface area is 123 Å². The summed E-state index contributed by atoms with van der Waals surface area (Å²) >= 11 is 0. The van der Waals surface area contributed by atoms with Crippen molar-refractivity contribution in [3.8, 4) is 0 Å². The average molecular weight is 313 g/mol. The predicted molar refractivity (Wildman–Crippen MR) is 76.7 cm³/mol. The van der Waals surface area contributed by atoms with Gasteiger partial charge < -0.3 is 10.2 Å². The Balaban J connectivity index is 2.18. The summed E-state index contributed by atoms with van der Waals surface area (Å²) in [7, 11) is -3.82. The van der Waals surface area contributed by atoms with Gasteiger partial charge in [-0.2, -0.15) is 0 Å². The minimum Gasteiger partial charge on any atom is -0.478 e. The third-order valence-corrected chi connectivity index (χ3v) is 5.07. The van der Waals surface area contributed by atoms with Crippen LogP contribution >= 0.6 is 0 Å². The second kappa shape index (κ2) is 6.13. The smallest absolute Gasteiger partial charge is 0.336 e. The van der Waals surface area contributed by atoms with Gasteiger partial charge in [0.15, 0.2) is 0 Å². The van der Waals surface area contributed by atoms with Crippen molar-refractivity contribution in [3.63, 3.8) is 0 Å². The maximum Gasteiger partial charge on any atom is 0.336 e. The number of carboxylic acids is 1. The van der Waals surface area contributed by atoms with Gasteiger partial charge in [-0.25, -0.2) is 17.9 Å². The lowest BCUT2D eigenvalue weighted by Gasteiger charge is -2.12. The highest BCUT2D eigenvalue weighted by Gasteiger charge is 2.30. The topological polar surface area (TPSA) is 104 Å². The van der Waals surface area contributed by atoms with Crippen LogP contribution in [0.2, 0.25) is 0 Å². The molecular formula is C14H19NO5S. The molecular weight excluding hydrogens is 294 g/mol. The van der Waals surface area contributed by atoms with E-state index in [1.807, 2.05) is 0 Å². The number of hydrogen-bond acceptors (Lipinski definition) is 4. The lowest BCUT2D eigenvalue weighted by atomic mass is 10.1. The molecule has 0 radical (unpaired) electrons. The van der Waals surface area contributed by atoms with Crippen LogP contribution in [-0.4, -0.2) is 37.2 Å². The zero-order valence-corrected chi connectivity index (χ0v) is 12.6. The molecule has 1 aromatic carbocycles. The van der Waals surface area contributed by atoms with Crippen molar-refractivity contribution in [3.05, 3.63) is 29.3 Å². The summed E-state index contributed by atoms with van der Waals surface area (Å²) < 4.78 is 26.6. The first kappa shape index (κ1) is 15.9. The molecule has 1 fully saturated rings. The van der Waals surface area contributed by atoms with Gasteiger partial charge in [0.05, 0.1) is 16.6 Å². The SMILES string of the molecule is CCc1ccc(S(=O)(=O)NCC(O)C2CC2)cc1C(=O)O. The van der Waals surface area contributed by atoms with Crippen molar-refractivity contribution in [2.45, 2.75) is 37.2 Å². The van der Waals surface area contributed by atoms with E-state index in [9.17, 15) is 18.3 Å². The number of sulfonamides is 1. The summed E-state index contributed by atoms with van der Waals surface area (Å²) in [5.41, 5.74) is 0.572. The average Bonchev–Trinajstić information content (AvgIpc) is 3.28. The van der Waals surface area contributed by atoms with E-state index >= 15 is 0 Å². The molecule has 0 bridgehead atoms. The van der Waals surface area contributed by atoms with E-state index < -0.39 is 22.1 Å². The normalized spacial score (nSPS) is 16.7. The van der Waals surface area contributed by atoms with Gasteiger partial charge in [0.25, 0.3) is 0 Å². The zero-order valence-electron chi connectivity index (χ0n) is 11.7. The molecule has 0 saturated heterocycles. The van der Waals surface area contributed by atoms with Crippen LogP contribution in [0.1, 0.15) is 35.7 Å². The molecule has 0 aliphatic heterocycles. The predicted octanol–water partition coefficient (Wildman–Crippen LogP) is 0.996. The molecule has 21 heavy (non-hydrogen) atoms. The first-order chi connectivity index (χ1) is 9.85. The third kappa shape index (κ3) is 3.81. The Hall–Kier alpha value is -1.44. The van der Waals surface area contributed by atoms with Crippen molar-refractivity contribution < 1.29 is 23.4 Å². The molecule has 1 aromatic rings.